The third-order valence-corrected chi connectivity index (χ3v) is 2.94. The van der Waals surface area contributed by atoms with E-state index in [9.17, 15) is 4.79 Å². The molecule has 100 valence electrons. The summed E-state index contributed by atoms with van der Waals surface area (Å²) in [6, 6.07) is 7.61. The van der Waals surface area contributed by atoms with Crippen LogP contribution >= 0.6 is 0 Å². The van der Waals surface area contributed by atoms with Gasteiger partial charge < -0.3 is 10.1 Å². The van der Waals surface area contributed by atoms with Gasteiger partial charge in [0.25, 0.3) is 5.91 Å². The Morgan fingerprint density at radius 2 is 2.21 bits per heavy atom. The number of aromatic amines is 1. The van der Waals surface area contributed by atoms with E-state index in [1.807, 2.05) is 38.1 Å². The number of carbonyl (C=O) groups is 1. The zero-order chi connectivity index (χ0) is 13.8. The number of hydrogen-bond donors (Lipinski definition) is 2. The van der Waals surface area contributed by atoms with Gasteiger partial charge in [0.1, 0.15) is 5.75 Å². The maximum absolute atomic E-state index is 12.1. The van der Waals surface area contributed by atoms with Crippen molar-refractivity contribution in [1.82, 2.24) is 15.5 Å². The first-order valence-corrected chi connectivity index (χ1v) is 6.04. The van der Waals surface area contributed by atoms with Crippen LogP contribution in [0.2, 0.25) is 0 Å². The molecule has 5 heteroatoms. The van der Waals surface area contributed by atoms with Crippen LogP contribution in [0.3, 0.4) is 0 Å². The normalized spacial score (nSPS) is 10.3. The lowest BCUT2D eigenvalue weighted by atomic mass is 10.1. The van der Waals surface area contributed by atoms with Crippen LogP contribution in [0.25, 0.3) is 0 Å². The molecular weight excluding hydrogens is 242 g/mol. The summed E-state index contributed by atoms with van der Waals surface area (Å²) in [6.45, 7) is 4.10. The Bertz CT molecular complexity index is 571. The highest BCUT2D eigenvalue weighted by molar-refractivity contribution is 5.96. The number of H-pyrrole nitrogens is 1. The fourth-order valence-corrected chi connectivity index (χ4v) is 1.94. The van der Waals surface area contributed by atoms with Crippen molar-refractivity contribution in [2.24, 2.45) is 0 Å². The van der Waals surface area contributed by atoms with Crippen molar-refractivity contribution in [1.29, 1.82) is 0 Å². The second kappa shape index (κ2) is 5.56. The van der Waals surface area contributed by atoms with Gasteiger partial charge in [-0.3, -0.25) is 9.89 Å². The molecule has 0 radical (unpaired) electrons. The molecule has 0 aliphatic heterocycles. The van der Waals surface area contributed by atoms with Crippen LogP contribution < -0.4 is 10.1 Å². The van der Waals surface area contributed by atoms with E-state index in [1.54, 1.807) is 7.11 Å². The summed E-state index contributed by atoms with van der Waals surface area (Å²) in [4.78, 5) is 12.1. The number of amides is 1. The number of aromatic nitrogens is 2. The molecule has 1 aromatic carbocycles. The third-order valence-electron chi connectivity index (χ3n) is 2.94. The van der Waals surface area contributed by atoms with Gasteiger partial charge in [-0.15, -0.1) is 0 Å². The lowest BCUT2D eigenvalue weighted by Gasteiger charge is -2.07. The number of ether oxygens (including phenoxy) is 1. The Kier molecular flexibility index (Phi) is 3.85. The number of carbonyl (C=O) groups excluding carboxylic acids is 1. The molecule has 0 aliphatic carbocycles. The van der Waals surface area contributed by atoms with Crippen LogP contribution in [0.15, 0.2) is 24.3 Å². The van der Waals surface area contributed by atoms with E-state index in [2.05, 4.69) is 15.5 Å². The van der Waals surface area contributed by atoms with Gasteiger partial charge in [0.15, 0.2) is 0 Å². The van der Waals surface area contributed by atoms with E-state index in [-0.39, 0.29) is 5.91 Å². The molecule has 0 fully saturated rings. The lowest BCUT2D eigenvalue weighted by molar-refractivity contribution is 0.0949. The van der Waals surface area contributed by atoms with Gasteiger partial charge in [0.05, 0.1) is 18.4 Å². The summed E-state index contributed by atoms with van der Waals surface area (Å²) in [7, 11) is 1.62. The molecule has 0 saturated heterocycles. The summed E-state index contributed by atoms with van der Waals surface area (Å²) in [5.41, 5.74) is 3.09. The van der Waals surface area contributed by atoms with E-state index in [1.165, 1.54) is 0 Å². The monoisotopic (exact) mass is 259 g/mol. The Hall–Kier alpha value is -2.30. The second-order valence-corrected chi connectivity index (χ2v) is 4.34. The zero-order valence-corrected chi connectivity index (χ0v) is 11.3. The van der Waals surface area contributed by atoms with Gasteiger partial charge in [0, 0.05) is 12.2 Å². The van der Waals surface area contributed by atoms with Gasteiger partial charge in [-0.25, -0.2) is 0 Å². The summed E-state index contributed by atoms with van der Waals surface area (Å²) in [5, 5.41) is 9.70. The molecule has 1 amide bonds. The third kappa shape index (κ3) is 2.93. The molecule has 19 heavy (non-hydrogen) atoms. The van der Waals surface area contributed by atoms with Gasteiger partial charge in [-0.2, -0.15) is 5.10 Å². The molecule has 2 aromatic rings. The second-order valence-electron chi connectivity index (χ2n) is 4.34. The van der Waals surface area contributed by atoms with Crippen molar-refractivity contribution >= 4 is 5.91 Å². The molecule has 5 nitrogen and oxygen atoms in total. The average Bonchev–Trinajstić information content (AvgIpc) is 2.76. The average molecular weight is 259 g/mol. The Labute approximate surface area is 112 Å². The minimum Gasteiger partial charge on any atom is -0.497 e. The highest BCUT2D eigenvalue weighted by atomic mass is 16.5. The van der Waals surface area contributed by atoms with Crippen molar-refractivity contribution < 1.29 is 9.53 Å². The number of rotatable bonds is 4. The van der Waals surface area contributed by atoms with Gasteiger partial charge in [-0.1, -0.05) is 12.1 Å². The lowest BCUT2D eigenvalue weighted by Crippen LogP contribution is -2.23. The summed E-state index contributed by atoms with van der Waals surface area (Å²) in [5.74, 6) is 0.661. The molecule has 2 N–H and O–H groups in total. The van der Waals surface area contributed by atoms with E-state index in [0.29, 0.717) is 17.8 Å². The Morgan fingerprint density at radius 1 is 1.42 bits per heavy atom. The van der Waals surface area contributed by atoms with Crippen molar-refractivity contribution in [3.63, 3.8) is 0 Å². The Morgan fingerprint density at radius 3 is 2.84 bits per heavy atom. The smallest absolute Gasteiger partial charge is 0.255 e. The first-order chi connectivity index (χ1) is 9.11. The molecule has 1 heterocycles. The van der Waals surface area contributed by atoms with Gasteiger partial charge in [-0.05, 0) is 31.5 Å². The van der Waals surface area contributed by atoms with Crippen LogP contribution in [-0.4, -0.2) is 23.2 Å². The number of benzene rings is 1. The van der Waals surface area contributed by atoms with E-state index in [0.717, 1.165) is 17.0 Å². The summed E-state index contributed by atoms with van der Waals surface area (Å²) < 4.78 is 5.14. The van der Waals surface area contributed by atoms with Crippen LogP contribution in [0, 0.1) is 13.8 Å². The van der Waals surface area contributed by atoms with Crippen LogP contribution in [0.1, 0.15) is 27.3 Å². The highest BCUT2D eigenvalue weighted by Crippen LogP contribution is 2.13. The topological polar surface area (TPSA) is 67.0 Å². The van der Waals surface area contributed by atoms with Gasteiger partial charge in [0.2, 0.25) is 0 Å². The number of hydrogen-bond acceptors (Lipinski definition) is 3. The molecule has 2 rings (SSSR count). The molecule has 0 atom stereocenters. The van der Waals surface area contributed by atoms with Crippen molar-refractivity contribution in [3.05, 3.63) is 46.8 Å². The van der Waals surface area contributed by atoms with Crippen molar-refractivity contribution in [2.45, 2.75) is 20.4 Å². The fourth-order valence-electron chi connectivity index (χ4n) is 1.94. The zero-order valence-electron chi connectivity index (χ0n) is 11.3. The number of nitrogens with zero attached hydrogens (tertiary/aromatic N) is 1. The first kappa shape index (κ1) is 13.1. The SMILES string of the molecule is COc1cccc(CNC(=O)c2c(C)n[nH]c2C)c1. The van der Waals surface area contributed by atoms with Crippen molar-refractivity contribution in [2.75, 3.05) is 7.11 Å². The summed E-state index contributed by atoms with van der Waals surface area (Å²) >= 11 is 0. The molecular formula is C14H17N3O2. The molecule has 1 aromatic heterocycles. The molecule has 0 aliphatic rings. The van der Waals surface area contributed by atoms with Gasteiger partial charge >= 0.3 is 0 Å². The van der Waals surface area contributed by atoms with E-state index in [4.69, 9.17) is 4.74 Å². The predicted octanol–water partition coefficient (Wildman–Crippen LogP) is 1.97. The maximum atomic E-state index is 12.1. The van der Waals surface area contributed by atoms with E-state index < -0.39 is 0 Å². The standard InChI is InChI=1S/C14H17N3O2/c1-9-13(10(2)17-16-9)14(18)15-8-11-5-4-6-12(7-11)19-3/h4-7H,8H2,1-3H3,(H,15,18)(H,16,17). The first-order valence-electron chi connectivity index (χ1n) is 6.04. The minimum absolute atomic E-state index is 0.119. The molecule has 0 unspecified atom stereocenters. The van der Waals surface area contributed by atoms with Crippen molar-refractivity contribution in [3.8, 4) is 5.75 Å². The number of nitrogens with one attached hydrogen (secondary N) is 2. The van der Waals surface area contributed by atoms with Crippen LogP contribution in [-0.2, 0) is 6.54 Å². The number of methoxy groups -OCH3 is 1. The molecule has 0 spiro atoms. The molecule has 0 saturated carbocycles. The quantitative estimate of drug-likeness (QED) is 0.882. The summed E-state index contributed by atoms with van der Waals surface area (Å²) in [6.07, 6.45) is 0. The maximum Gasteiger partial charge on any atom is 0.255 e. The highest BCUT2D eigenvalue weighted by Gasteiger charge is 2.14. The Balaban J connectivity index is 2.04. The largest absolute Gasteiger partial charge is 0.497 e. The van der Waals surface area contributed by atoms with E-state index >= 15 is 0 Å². The molecule has 0 bridgehead atoms. The number of aryl methyl sites for hydroxylation is 2. The van der Waals surface area contributed by atoms with Crippen LogP contribution in [0.4, 0.5) is 0 Å². The predicted molar refractivity (Wildman–Crippen MR) is 72.2 cm³/mol. The fraction of sp³-hybridized carbons (Fsp3) is 0.286. The minimum atomic E-state index is -0.119. The van der Waals surface area contributed by atoms with Crippen LogP contribution in [0.5, 0.6) is 5.75 Å².